The van der Waals surface area contributed by atoms with Crippen LogP contribution in [0.4, 0.5) is 0 Å². The minimum Gasteiger partial charge on any atom is -0.311 e. The van der Waals surface area contributed by atoms with Gasteiger partial charge >= 0.3 is 0 Å². The summed E-state index contributed by atoms with van der Waals surface area (Å²) in [7, 11) is 0. The first kappa shape index (κ1) is 13.1. The molecule has 2 heteroatoms. The average Bonchev–Trinajstić information content (AvgIpc) is 3.26. The predicted octanol–water partition coefficient (Wildman–Crippen LogP) is 2.69. The van der Waals surface area contributed by atoms with Gasteiger partial charge in [-0.1, -0.05) is 30.3 Å². The van der Waals surface area contributed by atoms with Crippen molar-refractivity contribution in [1.29, 1.82) is 0 Å². The van der Waals surface area contributed by atoms with Crippen molar-refractivity contribution in [1.82, 2.24) is 10.2 Å². The van der Waals surface area contributed by atoms with E-state index < -0.39 is 0 Å². The predicted molar refractivity (Wildman–Crippen MR) is 80.3 cm³/mol. The van der Waals surface area contributed by atoms with Gasteiger partial charge in [-0.25, -0.2) is 0 Å². The van der Waals surface area contributed by atoms with Gasteiger partial charge in [0, 0.05) is 31.2 Å². The van der Waals surface area contributed by atoms with Crippen LogP contribution in [0.3, 0.4) is 0 Å². The molecule has 1 N–H and O–H groups in total. The average molecular weight is 258 g/mol. The van der Waals surface area contributed by atoms with Crippen molar-refractivity contribution in [3.8, 4) is 0 Å². The van der Waals surface area contributed by atoms with E-state index in [2.05, 4.69) is 54.4 Å². The molecule has 1 aliphatic heterocycles. The van der Waals surface area contributed by atoms with E-state index in [9.17, 15) is 0 Å². The lowest BCUT2D eigenvalue weighted by molar-refractivity contribution is 0.0395. The minimum atomic E-state index is 0.390. The maximum Gasteiger partial charge on any atom is 0.0334 e. The van der Waals surface area contributed by atoms with Crippen molar-refractivity contribution in [3.63, 3.8) is 0 Å². The molecule has 1 aromatic carbocycles. The first-order chi connectivity index (χ1) is 9.18. The summed E-state index contributed by atoms with van der Waals surface area (Å²) in [6.45, 7) is 8.33. The van der Waals surface area contributed by atoms with E-state index in [0.717, 1.165) is 12.5 Å². The van der Waals surface area contributed by atoms with Crippen LogP contribution in [0.2, 0.25) is 0 Å². The number of rotatable bonds is 4. The summed E-state index contributed by atoms with van der Waals surface area (Å²) in [4.78, 5) is 2.75. The molecule has 0 bridgehead atoms. The van der Waals surface area contributed by atoms with Crippen LogP contribution in [-0.2, 0) is 6.42 Å². The SMILES string of the molecule is CC1CN(CCc2ccccc2)C(C)(C2CC2)CN1. The quantitative estimate of drug-likeness (QED) is 0.893. The molecule has 2 fully saturated rings. The van der Waals surface area contributed by atoms with Crippen LogP contribution >= 0.6 is 0 Å². The van der Waals surface area contributed by atoms with Crippen LogP contribution in [0.25, 0.3) is 0 Å². The summed E-state index contributed by atoms with van der Waals surface area (Å²) in [6, 6.07) is 11.5. The van der Waals surface area contributed by atoms with E-state index in [1.807, 2.05) is 0 Å². The van der Waals surface area contributed by atoms with Crippen molar-refractivity contribution >= 4 is 0 Å². The maximum atomic E-state index is 3.68. The van der Waals surface area contributed by atoms with Gasteiger partial charge in [0.1, 0.15) is 0 Å². The summed E-state index contributed by atoms with van der Waals surface area (Å²) in [5.74, 6) is 0.920. The third kappa shape index (κ3) is 2.85. The molecule has 2 unspecified atom stereocenters. The van der Waals surface area contributed by atoms with Gasteiger partial charge in [-0.3, -0.25) is 4.90 Å². The Kier molecular flexibility index (Phi) is 3.64. The Bertz CT molecular complexity index is 413. The third-order valence-electron chi connectivity index (χ3n) is 5.00. The minimum absolute atomic E-state index is 0.390. The van der Waals surface area contributed by atoms with E-state index in [-0.39, 0.29) is 0 Å². The monoisotopic (exact) mass is 258 g/mol. The zero-order valence-corrected chi connectivity index (χ0v) is 12.2. The first-order valence-electron chi connectivity index (χ1n) is 7.71. The molecule has 1 aliphatic carbocycles. The highest BCUT2D eigenvalue weighted by Crippen LogP contribution is 2.43. The molecule has 104 valence electrons. The molecular formula is C17H26N2. The molecule has 0 radical (unpaired) electrons. The Labute approximate surface area is 117 Å². The molecule has 19 heavy (non-hydrogen) atoms. The van der Waals surface area contributed by atoms with Gasteiger partial charge < -0.3 is 5.32 Å². The van der Waals surface area contributed by atoms with Crippen LogP contribution in [0, 0.1) is 5.92 Å². The summed E-state index contributed by atoms with van der Waals surface area (Å²) >= 11 is 0. The highest BCUT2D eigenvalue weighted by molar-refractivity contribution is 5.15. The van der Waals surface area contributed by atoms with Crippen molar-refractivity contribution in [2.24, 2.45) is 5.92 Å². The zero-order valence-electron chi connectivity index (χ0n) is 12.2. The third-order valence-corrected chi connectivity index (χ3v) is 5.00. The van der Waals surface area contributed by atoms with Crippen LogP contribution in [0.15, 0.2) is 30.3 Å². The lowest BCUT2D eigenvalue weighted by Crippen LogP contribution is -2.64. The molecule has 0 amide bonds. The Morgan fingerprint density at radius 1 is 1.26 bits per heavy atom. The van der Waals surface area contributed by atoms with Crippen LogP contribution < -0.4 is 5.32 Å². The van der Waals surface area contributed by atoms with Crippen molar-refractivity contribution in [2.45, 2.75) is 44.7 Å². The smallest absolute Gasteiger partial charge is 0.0334 e. The molecule has 0 aromatic heterocycles. The summed E-state index contributed by atoms with van der Waals surface area (Å²) in [6.07, 6.45) is 4.03. The number of piperazine rings is 1. The maximum absolute atomic E-state index is 3.68. The van der Waals surface area contributed by atoms with Crippen LogP contribution in [0.5, 0.6) is 0 Å². The molecule has 3 rings (SSSR count). The van der Waals surface area contributed by atoms with Gasteiger partial charge in [0.2, 0.25) is 0 Å². The topological polar surface area (TPSA) is 15.3 Å². The normalized spacial score (nSPS) is 32.4. The highest BCUT2D eigenvalue weighted by atomic mass is 15.3. The fourth-order valence-corrected chi connectivity index (χ4v) is 3.46. The van der Waals surface area contributed by atoms with E-state index in [4.69, 9.17) is 0 Å². The Balaban J connectivity index is 1.66. The summed E-state index contributed by atoms with van der Waals surface area (Å²) in [5.41, 5.74) is 1.85. The van der Waals surface area contributed by atoms with E-state index in [1.54, 1.807) is 0 Å². The highest BCUT2D eigenvalue weighted by Gasteiger charge is 2.47. The van der Waals surface area contributed by atoms with Gasteiger partial charge in [0.25, 0.3) is 0 Å². The van der Waals surface area contributed by atoms with Crippen molar-refractivity contribution in [2.75, 3.05) is 19.6 Å². The van der Waals surface area contributed by atoms with Crippen molar-refractivity contribution < 1.29 is 0 Å². The second kappa shape index (κ2) is 5.26. The lowest BCUT2D eigenvalue weighted by Gasteiger charge is -2.48. The van der Waals surface area contributed by atoms with Gasteiger partial charge in [-0.05, 0) is 44.6 Å². The zero-order chi connectivity index (χ0) is 13.3. The second-order valence-electron chi connectivity index (χ2n) is 6.60. The molecule has 1 saturated carbocycles. The Morgan fingerprint density at radius 3 is 2.68 bits per heavy atom. The fourth-order valence-electron chi connectivity index (χ4n) is 3.46. The Morgan fingerprint density at radius 2 is 2.00 bits per heavy atom. The molecule has 2 atom stereocenters. The second-order valence-corrected chi connectivity index (χ2v) is 6.60. The van der Waals surface area contributed by atoms with Crippen LogP contribution in [0.1, 0.15) is 32.3 Å². The largest absolute Gasteiger partial charge is 0.311 e. The number of nitrogens with zero attached hydrogens (tertiary/aromatic N) is 1. The first-order valence-corrected chi connectivity index (χ1v) is 7.71. The lowest BCUT2D eigenvalue weighted by atomic mass is 9.89. The number of hydrogen-bond donors (Lipinski definition) is 1. The Hall–Kier alpha value is -0.860. The standard InChI is InChI=1S/C17H26N2/c1-14-12-19(11-10-15-6-4-3-5-7-15)17(2,13-18-14)16-8-9-16/h3-7,14,16,18H,8-13H2,1-2H3. The molecule has 1 saturated heterocycles. The number of hydrogen-bond acceptors (Lipinski definition) is 2. The van der Waals surface area contributed by atoms with Gasteiger partial charge in [0.05, 0.1) is 0 Å². The molecular weight excluding hydrogens is 232 g/mol. The van der Waals surface area contributed by atoms with Gasteiger partial charge in [-0.2, -0.15) is 0 Å². The van der Waals surface area contributed by atoms with E-state index in [0.29, 0.717) is 11.6 Å². The summed E-state index contributed by atoms with van der Waals surface area (Å²) < 4.78 is 0. The van der Waals surface area contributed by atoms with Crippen LogP contribution in [-0.4, -0.2) is 36.1 Å². The summed E-state index contributed by atoms with van der Waals surface area (Å²) in [5, 5.41) is 3.68. The number of nitrogens with one attached hydrogen (secondary N) is 1. The molecule has 2 aliphatic rings. The number of benzene rings is 1. The van der Waals surface area contributed by atoms with Gasteiger partial charge in [0.15, 0.2) is 0 Å². The van der Waals surface area contributed by atoms with Gasteiger partial charge in [-0.15, -0.1) is 0 Å². The molecule has 1 aromatic rings. The molecule has 2 nitrogen and oxygen atoms in total. The van der Waals surface area contributed by atoms with E-state index in [1.165, 1.54) is 37.9 Å². The van der Waals surface area contributed by atoms with Crippen molar-refractivity contribution in [3.05, 3.63) is 35.9 Å². The molecule has 0 spiro atoms. The molecule has 1 heterocycles. The fraction of sp³-hybridized carbons (Fsp3) is 0.647. The van der Waals surface area contributed by atoms with E-state index >= 15 is 0 Å².